The summed E-state index contributed by atoms with van der Waals surface area (Å²) in [5, 5.41) is 7.39. The molecule has 0 radical (unpaired) electrons. The van der Waals surface area contributed by atoms with E-state index in [2.05, 4.69) is 61.7 Å². The fourth-order valence-corrected chi connectivity index (χ4v) is 9.86. The van der Waals surface area contributed by atoms with Gasteiger partial charge < -0.3 is 44.6 Å². The monoisotopic (exact) mass is 802 g/mol. The first kappa shape index (κ1) is 38.4. The molecule has 4 N–H and O–H groups in total. The highest BCUT2D eigenvalue weighted by Crippen LogP contribution is 2.48. The minimum absolute atomic E-state index is 0.0965. The molecule has 1 saturated carbocycles. The maximum absolute atomic E-state index is 14.3. The molecular weight excluding hydrogens is 753 g/mol. The minimum atomic E-state index is -0.720. The molecule has 3 aliphatic heterocycles. The summed E-state index contributed by atoms with van der Waals surface area (Å²) in [6.45, 7) is 6.50. The molecular formula is C44H50N8O7. The van der Waals surface area contributed by atoms with Crippen LogP contribution in [0.5, 0.6) is 5.75 Å². The van der Waals surface area contributed by atoms with Crippen LogP contribution in [-0.4, -0.2) is 92.6 Å². The van der Waals surface area contributed by atoms with Crippen molar-refractivity contribution in [1.29, 1.82) is 0 Å². The first-order valence-corrected chi connectivity index (χ1v) is 20.6. The zero-order valence-corrected chi connectivity index (χ0v) is 34.0. The molecule has 15 heteroatoms. The van der Waals surface area contributed by atoms with Crippen LogP contribution in [0.1, 0.15) is 88.6 Å². The molecule has 0 spiro atoms. The van der Waals surface area contributed by atoms with Gasteiger partial charge in [-0.05, 0) is 97.2 Å². The number of ether oxygens (including phenoxy) is 3. The number of hydrogen-bond donors (Lipinski definition) is 4. The fourth-order valence-electron chi connectivity index (χ4n) is 9.86. The molecule has 3 aromatic carbocycles. The summed E-state index contributed by atoms with van der Waals surface area (Å²) in [5.41, 5.74) is 6.67. The van der Waals surface area contributed by atoms with Gasteiger partial charge in [-0.3, -0.25) is 9.59 Å². The van der Waals surface area contributed by atoms with Gasteiger partial charge in [0.1, 0.15) is 36.1 Å². The summed E-state index contributed by atoms with van der Waals surface area (Å²) in [4.78, 5) is 72.1. The van der Waals surface area contributed by atoms with Crippen LogP contribution in [0.4, 0.5) is 9.59 Å². The molecule has 4 aliphatic rings. The maximum Gasteiger partial charge on any atom is 0.407 e. The van der Waals surface area contributed by atoms with E-state index >= 15 is 0 Å². The van der Waals surface area contributed by atoms with Crippen LogP contribution in [0.2, 0.25) is 0 Å². The third-order valence-electron chi connectivity index (χ3n) is 12.8. The average Bonchev–Trinajstić information content (AvgIpc) is 4.09. The molecule has 2 aromatic heterocycles. The largest absolute Gasteiger partial charge is 0.488 e. The number of fused-ring (bicyclic) bond motifs is 7. The lowest BCUT2D eigenvalue weighted by Crippen LogP contribution is -2.53. The van der Waals surface area contributed by atoms with Gasteiger partial charge in [-0.2, -0.15) is 0 Å². The number of amides is 4. The lowest BCUT2D eigenvalue weighted by Gasteiger charge is -2.33. The molecule has 308 valence electrons. The molecule has 4 amide bonds. The number of methoxy groups -OCH3 is 2. The van der Waals surface area contributed by atoms with Crippen LogP contribution in [0, 0.1) is 11.8 Å². The number of likely N-dealkylation sites (tertiary alicyclic amines) is 2. The summed E-state index contributed by atoms with van der Waals surface area (Å²) in [6.07, 6.45) is 6.07. The first-order valence-electron chi connectivity index (χ1n) is 20.6. The van der Waals surface area contributed by atoms with Crippen molar-refractivity contribution in [2.75, 3.05) is 20.8 Å². The SMILES string of the molecule is COC(=O)N[C@@H](C)C(=O)N1CCCC1c1ncc(-c2ccc3c(c2)COc2cc4c(ccc5nc([C@@H]6C[C@@H]7CCC[C@@H]7N6C(=O)[C@@H](NC(=O)OC)C(C)C)[nH]c54)cc2-3)[nH]1. The zero-order chi connectivity index (χ0) is 41.1. The highest BCUT2D eigenvalue weighted by atomic mass is 16.5. The molecule has 3 fully saturated rings. The predicted octanol–water partition coefficient (Wildman–Crippen LogP) is 6.90. The van der Waals surface area contributed by atoms with E-state index in [1.54, 1.807) is 18.0 Å². The summed E-state index contributed by atoms with van der Waals surface area (Å²) >= 11 is 0. The number of aromatic nitrogens is 4. The number of hydrogen-bond acceptors (Lipinski definition) is 9. The van der Waals surface area contributed by atoms with Gasteiger partial charge in [0, 0.05) is 23.5 Å². The molecule has 1 unspecified atom stereocenters. The van der Waals surface area contributed by atoms with E-state index in [-0.39, 0.29) is 35.9 Å². The minimum Gasteiger partial charge on any atom is -0.488 e. The van der Waals surface area contributed by atoms with Gasteiger partial charge in [-0.25, -0.2) is 19.6 Å². The van der Waals surface area contributed by atoms with Gasteiger partial charge in [0.05, 0.1) is 49.2 Å². The molecule has 15 nitrogen and oxygen atoms in total. The van der Waals surface area contributed by atoms with Crippen molar-refractivity contribution < 1.29 is 33.4 Å². The highest BCUT2D eigenvalue weighted by molar-refractivity contribution is 6.07. The Hall–Kier alpha value is -6.12. The van der Waals surface area contributed by atoms with Gasteiger partial charge in [-0.1, -0.05) is 38.5 Å². The Morgan fingerprint density at radius 1 is 0.864 bits per heavy atom. The third-order valence-corrected chi connectivity index (χ3v) is 12.8. The number of carbonyl (C=O) groups is 4. The first-order chi connectivity index (χ1) is 28.5. The van der Waals surface area contributed by atoms with Crippen molar-refractivity contribution in [1.82, 2.24) is 40.4 Å². The molecule has 59 heavy (non-hydrogen) atoms. The Morgan fingerprint density at radius 3 is 2.47 bits per heavy atom. The van der Waals surface area contributed by atoms with Crippen LogP contribution < -0.4 is 15.4 Å². The molecule has 1 aliphatic carbocycles. The second-order valence-electron chi connectivity index (χ2n) is 16.7. The lowest BCUT2D eigenvalue weighted by atomic mass is 9.92. The number of carbonyl (C=O) groups excluding carboxylic acids is 4. The van der Waals surface area contributed by atoms with Gasteiger partial charge in [0.2, 0.25) is 11.8 Å². The summed E-state index contributed by atoms with van der Waals surface area (Å²) in [5.74, 6) is 2.24. The maximum atomic E-state index is 14.3. The van der Waals surface area contributed by atoms with Crippen LogP contribution in [0.25, 0.3) is 44.2 Å². The van der Waals surface area contributed by atoms with Crippen LogP contribution in [-0.2, 0) is 25.7 Å². The number of nitrogens with zero attached hydrogens (tertiary/aromatic N) is 4. The Balaban J connectivity index is 0.977. The number of aromatic amines is 2. The van der Waals surface area contributed by atoms with Crippen LogP contribution in [0.15, 0.2) is 48.7 Å². The highest BCUT2D eigenvalue weighted by Gasteiger charge is 2.49. The molecule has 5 aromatic rings. The molecule has 9 rings (SSSR count). The normalized spacial score (nSPS) is 21.8. The molecule has 0 bridgehead atoms. The second kappa shape index (κ2) is 15.2. The average molecular weight is 803 g/mol. The van der Waals surface area contributed by atoms with E-state index in [1.807, 2.05) is 24.8 Å². The van der Waals surface area contributed by atoms with E-state index in [0.29, 0.717) is 24.9 Å². The van der Waals surface area contributed by atoms with Crippen LogP contribution in [0.3, 0.4) is 0 Å². The van der Waals surface area contributed by atoms with Gasteiger partial charge in [0.15, 0.2) is 0 Å². The fraction of sp³-hybridized carbons (Fsp3) is 0.455. The smallest absolute Gasteiger partial charge is 0.407 e. The number of benzene rings is 3. The standard InChI is InChI=1S/C44H50N8O7/c1-22(2)37(50-44(56)58-5)42(54)52-33-9-6-8-26(33)18-35(52)40-47-31-14-12-24-17-30-28-13-11-25(16-27(28)21-59-36(30)19-29(24)38(31)49-40)32-20-45-39(48-32)34-10-7-15-51(34)41(53)23(3)46-43(55)57-4/h11-14,16-17,19-20,22-23,26,33-35,37H,6-10,15,18,21H2,1-5H3,(H,45,48)(H,46,55)(H,47,49)(H,50,56)/t23-,26-,33-,34?,35-,37-/m0/s1. The van der Waals surface area contributed by atoms with Crippen molar-refractivity contribution in [3.63, 3.8) is 0 Å². The van der Waals surface area contributed by atoms with E-state index in [1.165, 1.54) is 14.2 Å². The lowest BCUT2D eigenvalue weighted by molar-refractivity contribution is -0.138. The van der Waals surface area contributed by atoms with Crippen molar-refractivity contribution in [3.05, 3.63) is 65.9 Å². The van der Waals surface area contributed by atoms with E-state index in [0.717, 1.165) is 99.9 Å². The zero-order valence-electron chi connectivity index (χ0n) is 34.0. The molecule has 6 atom stereocenters. The van der Waals surface area contributed by atoms with Crippen LogP contribution >= 0.6 is 0 Å². The second-order valence-corrected chi connectivity index (χ2v) is 16.7. The van der Waals surface area contributed by atoms with Crippen molar-refractivity contribution >= 4 is 45.8 Å². The topological polar surface area (TPSA) is 184 Å². The summed E-state index contributed by atoms with van der Waals surface area (Å²) < 4.78 is 16.0. The Labute approximate surface area is 341 Å². The third kappa shape index (κ3) is 6.79. The van der Waals surface area contributed by atoms with Crippen molar-refractivity contribution in [2.45, 2.75) is 96.1 Å². The summed E-state index contributed by atoms with van der Waals surface area (Å²) in [6, 6.07) is 12.9. The van der Waals surface area contributed by atoms with Crippen molar-refractivity contribution in [3.8, 4) is 28.1 Å². The van der Waals surface area contributed by atoms with E-state index < -0.39 is 24.3 Å². The quantitative estimate of drug-likeness (QED) is 0.130. The number of nitrogens with one attached hydrogen (secondary N) is 4. The van der Waals surface area contributed by atoms with Crippen molar-refractivity contribution in [2.24, 2.45) is 11.8 Å². The van der Waals surface area contributed by atoms with Gasteiger partial charge in [0.25, 0.3) is 0 Å². The Kier molecular flexibility index (Phi) is 9.92. The van der Waals surface area contributed by atoms with E-state index in [4.69, 9.17) is 19.4 Å². The number of alkyl carbamates (subject to hydrolysis) is 2. The predicted molar refractivity (Wildman–Crippen MR) is 219 cm³/mol. The van der Waals surface area contributed by atoms with E-state index in [9.17, 15) is 19.2 Å². The summed E-state index contributed by atoms with van der Waals surface area (Å²) in [7, 11) is 2.58. The Bertz CT molecular complexity index is 2480. The number of imidazole rings is 2. The molecule has 2 saturated heterocycles. The molecule has 5 heterocycles. The Morgan fingerprint density at radius 2 is 1.68 bits per heavy atom. The van der Waals surface area contributed by atoms with Gasteiger partial charge >= 0.3 is 12.2 Å². The number of rotatable bonds is 8. The van der Waals surface area contributed by atoms with Gasteiger partial charge in [-0.15, -0.1) is 0 Å². The number of H-pyrrole nitrogens is 2.